The van der Waals surface area contributed by atoms with Crippen LogP contribution in [0.15, 0.2) is 60.8 Å². The molecular formula is C36H49N5O11. The zero-order chi connectivity index (χ0) is 36.8. The van der Waals surface area contributed by atoms with Crippen LogP contribution in [0, 0.1) is 0 Å². The maximum atomic E-state index is 12.2. The number of nitrogens with zero attached hydrogens (tertiary/aromatic N) is 3. The number of nitrogens with one attached hydrogen (secondary N) is 2. The standard InChI is InChI=1S/C36H49N5O11/c1-25(42)38-31-33-32(51-36(2,3)52-33)30(23-41-22-29(39-40-41)27-11-8-12-28(21-27)44-4)50-34(31)48-20-19-47-18-17-46-16-15-45-14-13-37-35(43)49-24-26-9-6-5-7-10-26/h5-12,21-22,30-34H,13-20,23-24H2,1-4H3,(H,37,43)(H,38,42)/t30-,31-,32+,33-,34?/m1/s1. The van der Waals surface area contributed by atoms with Crippen molar-refractivity contribution in [3.63, 3.8) is 0 Å². The number of rotatable bonds is 20. The van der Waals surface area contributed by atoms with Crippen LogP contribution in [-0.2, 0) is 55.8 Å². The van der Waals surface area contributed by atoms with Gasteiger partial charge in [-0.3, -0.25) is 4.79 Å². The topological polar surface area (TPSA) is 172 Å². The lowest BCUT2D eigenvalue weighted by Crippen LogP contribution is -2.63. The molecule has 3 heterocycles. The van der Waals surface area contributed by atoms with Gasteiger partial charge in [-0.25, -0.2) is 9.48 Å². The molecule has 2 N–H and O–H groups in total. The summed E-state index contributed by atoms with van der Waals surface area (Å²) in [4.78, 5) is 24.0. The van der Waals surface area contributed by atoms with E-state index in [1.165, 1.54) is 6.92 Å². The first-order valence-corrected chi connectivity index (χ1v) is 17.3. The Hall–Kier alpha value is -4.16. The van der Waals surface area contributed by atoms with Crippen molar-refractivity contribution < 1.29 is 52.2 Å². The summed E-state index contributed by atoms with van der Waals surface area (Å²) in [6.45, 7) is 8.19. The van der Waals surface area contributed by atoms with Gasteiger partial charge in [-0.15, -0.1) is 5.10 Å². The van der Waals surface area contributed by atoms with Crippen molar-refractivity contribution in [1.29, 1.82) is 0 Å². The van der Waals surface area contributed by atoms with Gasteiger partial charge in [-0.1, -0.05) is 47.7 Å². The lowest BCUT2D eigenvalue weighted by Gasteiger charge is -2.42. The van der Waals surface area contributed by atoms with Gasteiger partial charge < -0.3 is 53.3 Å². The molecule has 284 valence electrons. The van der Waals surface area contributed by atoms with Crippen molar-refractivity contribution in [3.05, 3.63) is 66.4 Å². The van der Waals surface area contributed by atoms with Gasteiger partial charge in [-0.2, -0.15) is 0 Å². The van der Waals surface area contributed by atoms with Crippen LogP contribution in [0.5, 0.6) is 5.75 Å². The Morgan fingerprint density at radius 1 is 0.904 bits per heavy atom. The van der Waals surface area contributed by atoms with Crippen LogP contribution in [0.1, 0.15) is 26.3 Å². The van der Waals surface area contributed by atoms with Gasteiger partial charge in [-0.05, 0) is 31.5 Å². The van der Waals surface area contributed by atoms with Crippen molar-refractivity contribution in [2.75, 3.05) is 59.9 Å². The Morgan fingerprint density at radius 2 is 1.62 bits per heavy atom. The monoisotopic (exact) mass is 727 g/mol. The van der Waals surface area contributed by atoms with Gasteiger partial charge in [0.1, 0.15) is 42.4 Å². The second-order valence-corrected chi connectivity index (χ2v) is 12.6. The Kier molecular flexibility index (Phi) is 14.7. The lowest BCUT2D eigenvalue weighted by atomic mass is 9.96. The lowest BCUT2D eigenvalue weighted by molar-refractivity contribution is -0.250. The van der Waals surface area contributed by atoms with E-state index in [0.717, 1.165) is 16.9 Å². The van der Waals surface area contributed by atoms with E-state index >= 15 is 0 Å². The first-order chi connectivity index (χ1) is 25.2. The van der Waals surface area contributed by atoms with E-state index < -0.39 is 42.5 Å². The molecule has 3 aromatic rings. The maximum Gasteiger partial charge on any atom is 0.407 e. The molecule has 0 saturated carbocycles. The highest BCUT2D eigenvalue weighted by molar-refractivity contribution is 5.73. The highest BCUT2D eigenvalue weighted by atomic mass is 16.8. The van der Waals surface area contributed by atoms with E-state index in [4.69, 9.17) is 42.6 Å². The molecule has 2 aliphatic heterocycles. The van der Waals surface area contributed by atoms with Crippen molar-refractivity contribution >= 4 is 12.0 Å². The summed E-state index contributed by atoms with van der Waals surface area (Å²) >= 11 is 0. The Balaban J connectivity index is 1.00. The molecule has 2 fully saturated rings. The van der Waals surface area contributed by atoms with Crippen LogP contribution < -0.4 is 15.4 Å². The molecule has 0 radical (unpaired) electrons. The molecule has 0 spiro atoms. The zero-order valence-electron chi connectivity index (χ0n) is 30.1. The number of alkyl carbamates (subject to hydrolysis) is 1. The Labute approximate surface area is 303 Å². The summed E-state index contributed by atoms with van der Waals surface area (Å²) in [6.07, 6.45) is -1.08. The quantitative estimate of drug-likeness (QED) is 0.163. The summed E-state index contributed by atoms with van der Waals surface area (Å²) in [5, 5.41) is 14.2. The minimum Gasteiger partial charge on any atom is -0.497 e. The third-order valence-corrected chi connectivity index (χ3v) is 8.11. The number of amides is 2. The molecule has 2 saturated heterocycles. The van der Waals surface area contributed by atoms with E-state index in [1.54, 1.807) is 11.8 Å². The molecule has 2 aliphatic rings. The number of methoxy groups -OCH3 is 1. The normalized spacial score (nSPS) is 22.0. The second kappa shape index (κ2) is 19.6. The van der Waals surface area contributed by atoms with Crippen molar-refractivity contribution in [1.82, 2.24) is 25.6 Å². The van der Waals surface area contributed by atoms with Crippen molar-refractivity contribution in [2.45, 2.75) is 70.4 Å². The van der Waals surface area contributed by atoms with Crippen LogP contribution in [0.4, 0.5) is 4.79 Å². The minimum absolute atomic E-state index is 0.197. The fourth-order valence-corrected chi connectivity index (χ4v) is 5.80. The van der Waals surface area contributed by atoms with Gasteiger partial charge in [0.2, 0.25) is 5.91 Å². The molecule has 5 atom stereocenters. The molecule has 0 aliphatic carbocycles. The SMILES string of the molecule is COc1cccc(-c2cn(C[C@H]3OC(OCCOCCOCCOCCNC(=O)OCc4ccccc4)[C@H](NC(C)=O)[C@H]4OC(C)(C)O[C@H]43)nn2)c1. The maximum absolute atomic E-state index is 12.2. The molecule has 52 heavy (non-hydrogen) atoms. The van der Waals surface area contributed by atoms with E-state index in [-0.39, 0.29) is 25.7 Å². The molecule has 1 unspecified atom stereocenters. The number of benzene rings is 2. The summed E-state index contributed by atoms with van der Waals surface area (Å²) in [6, 6.07) is 16.4. The molecule has 0 bridgehead atoms. The zero-order valence-corrected chi connectivity index (χ0v) is 30.1. The largest absolute Gasteiger partial charge is 0.497 e. The van der Waals surface area contributed by atoms with Gasteiger partial charge in [0.25, 0.3) is 0 Å². The van der Waals surface area contributed by atoms with Gasteiger partial charge in [0, 0.05) is 19.0 Å². The number of aromatic nitrogens is 3. The van der Waals surface area contributed by atoms with Gasteiger partial charge in [0.15, 0.2) is 12.1 Å². The second-order valence-electron chi connectivity index (χ2n) is 12.6. The predicted molar refractivity (Wildman–Crippen MR) is 185 cm³/mol. The average molecular weight is 728 g/mol. The molecule has 2 aromatic carbocycles. The predicted octanol–water partition coefficient (Wildman–Crippen LogP) is 2.70. The first kappa shape index (κ1) is 39.1. The summed E-state index contributed by atoms with van der Waals surface area (Å²) < 4.78 is 54.0. The van der Waals surface area contributed by atoms with E-state index in [1.807, 2.05) is 74.6 Å². The summed E-state index contributed by atoms with van der Waals surface area (Å²) in [5.74, 6) is -0.434. The Morgan fingerprint density at radius 3 is 2.35 bits per heavy atom. The van der Waals surface area contributed by atoms with Crippen molar-refractivity contribution in [2.24, 2.45) is 0 Å². The van der Waals surface area contributed by atoms with Gasteiger partial charge in [0.05, 0.1) is 66.1 Å². The van der Waals surface area contributed by atoms with E-state index in [2.05, 4.69) is 20.9 Å². The third kappa shape index (κ3) is 11.9. The van der Waals surface area contributed by atoms with Crippen LogP contribution in [0.25, 0.3) is 11.3 Å². The molecule has 16 heteroatoms. The Bertz CT molecular complexity index is 1540. The fraction of sp³-hybridized carbons (Fsp3) is 0.556. The minimum atomic E-state index is -0.904. The van der Waals surface area contributed by atoms with Gasteiger partial charge >= 0.3 is 6.09 Å². The highest BCUT2D eigenvalue weighted by Crippen LogP contribution is 2.38. The van der Waals surface area contributed by atoms with Crippen molar-refractivity contribution in [3.8, 4) is 17.0 Å². The number of fused-ring (bicyclic) bond motifs is 1. The molecule has 5 rings (SSSR count). The van der Waals surface area contributed by atoms with E-state index in [9.17, 15) is 9.59 Å². The fourth-order valence-electron chi connectivity index (χ4n) is 5.80. The third-order valence-electron chi connectivity index (χ3n) is 8.11. The smallest absolute Gasteiger partial charge is 0.407 e. The van der Waals surface area contributed by atoms with Crippen LogP contribution in [0.3, 0.4) is 0 Å². The van der Waals surface area contributed by atoms with E-state index in [0.29, 0.717) is 51.8 Å². The molecule has 2 amide bonds. The first-order valence-electron chi connectivity index (χ1n) is 17.3. The van der Waals surface area contributed by atoms with Crippen LogP contribution >= 0.6 is 0 Å². The number of ether oxygens (including phenoxy) is 9. The van der Waals surface area contributed by atoms with Crippen LogP contribution in [0.2, 0.25) is 0 Å². The average Bonchev–Trinajstić information content (AvgIpc) is 3.74. The molecular weight excluding hydrogens is 678 g/mol. The number of carbonyl (C=O) groups is 2. The number of hydrogen-bond acceptors (Lipinski definition) is 13. The molecule has 1 aromatic heterocycles. The molecule has 16 nitrogen and oxygen atoms in total. The highest BCUT2D eigenvalue weighted by Gasteiger charge is 2.56. The number of carbonyl (C=O) groups excluding carboxylic acids is 2. The number of hydrogen-bond donors (Lipinski definition) is 2. The summed E-state index contributed by atoms with van der Waals surface area (Å²) in [7, 11) is 1.61. The summed E-state index contributed by atoms with van der Waals surface area (Å²) in [5.41, 5.74) is 2.46. The van der Waals surface area contributed by atoms with Crippen LogP contribution in [-0.4, -0.2) is 123 Å².